The highest BCUT2D eigenvalue weighted by Gasteiger charge is 2.03. The van der Waals surface area contributed by atoms with Crippen LogP contribution in [0.3, 0.4) is 0 Å². The van der Waals surface area contributed by atoms with Gasteiger partial charge in [0, 0.05) is 29.9 Å². The minimum Gasteiger partial charge on any atom is -0.382 e. The van der Waals surface area contributed by atoms with Crippen molar-refractivity contribution in [3.8, 4) is 0 Å². The first-order chi connectivity index (χ1) is 9.17. The quantitative estimate of drug-likeness (QED) is 0.583. The zero-order valence-corrected chi connectivity index (χ0v) is 13.9. The van der Waals surface area contributed by atoms with E-state index in [1.165, 1.54) is 5.56 Å². The molecule has 19 heavy (non-hydrogen) atoms. The van der Waals surface area contributed by atoms with Crippen LogP contribution in [-0.4, -0.2) is 24.9 Å². The van der Waals surface area contributed by atoms with Crippen molar-refractivity contribution in [1.29, 1.82) is 0 Å². The highest BCUT2D eigenvalue weighted by atomic mass is 79.9. The second-order valence-electron chi connectivity index (χ2n) is 4.09. The normalized spacial score (nSPS) is 10.3. The van der Waals surface area contributed by atoms with Crippen molar-refractivity contribution in [3.05, 3.63) is 28.2 Å². The summed E-state index contributed by atoms with van der Waals surface area (Å²) in [6.07, 6.45) is 1.92. The Morgan fingerprint density at radius 3 is 2.84 bits per heavy atom. The third kappa shape index (κ3) is 6.36. The molecule has 1 aromatic carbocycles. The smallest absolute Gasteiger partial charge is 0.170 e. The monoisotopic (exact) mass is 344 g/mol. The van der Waals surface area contributed by atoms with Crippen LogP contribution in [-0.2, 0) is 11.2 Å². The lowest BCUT2D eigenvalue weighted by atomic mass is 10.1. The van der Waals surface area contributed by atoms with Gasteiger partial charge in [0.1, 0.15) is 0 Å². The third-order valence-corrected chi connectivity index (χ3v) is 3.39. The molecule has 0 aliphatic carbocycles. The number of hydrogen-bond donors (Lipinski definition) is 2. The van der Waals surface area contributed by atoms with Crippen LogP contribution in [0.25, 0.3) is 0 Å². The topological polar surface area (TPSA) is 33.3 Å². The van der Waals surface area contributed by atoms with E-state index in [4.69, 9.17) is 17.0 Å². The zero-order valence-electron chi connectivity index (χ0n) is 11.5. The molecule has 3 nitrogen and oxygen atoms in total. The molecule has 0 unspecified atom stereocenters. The minimum atomic E-state index is 0.661. The average molecular weight is 345 g/mol. The molecule has 0 bridgehead atoms. The molecular formula is C14H21BrN2OS. The Kier molecular flexibility index (Phi) is 8.02. The molecule has 5 heteroatoms. The van der Waals surface area contributed by atoms with E-state index in [9.17, 15) is 0 Å². The molecule has 0 saturated heterocycles. The first-order valence-corrected chi connectivity index (χ1v) is 7.78. The summed E-state index contributed by atoms with van der Waals surface area (Å²) in [4.78, 5) is 0. The van der Waals surface area contributed by atoms with E-state index in [-0.39, 0.29) is 0 Å². The molecule has 0 amide bonds. The number of rotatable bonds is 7. The van der Waals surface area contributed by atoms with Crippen LogP contribution in [0.5, 0.6) is 0 Å². The molecule has 0 aliphatic heterocycles. The van der Waals surface area contributed by atoms with E-state index in [1.54, 1.807) is 0 Å². The SMILES string of the molecule is CCOCCCNC(=S)Nc1ccc(Br)cc1CC. The lowest BCUT2D eigenvalue weighted by molar-refractivity contribution is 0.146. The molecule has 0 spiro atoms. The van der Waals surface area contributed by atoms with Gasteiger partial charge < -0.3 is 15.4 Å². The van der Waals surface area contributed by atoms with Crippen LogP contribution in [0.4, 0.5) is 5.69 Å². The standard InChI is InChI=1S/C14H21BrN2OS/c1-3-11-10-12(15)6-7-13(11)17-14(19)16-8-5-9-18-4-2/h6-7,10H,3-5,8-9H2,1-2H3,(H2,16,17,19). The van der Waals surface area contributed by atoms with Gasteiger partial charge in [0.05, 0.1) is 0 Å². The van der Waals surface area contributed by atoms with Gasteiger partial charge in [-0.25, -0.2) is 0 Å². The van der Waals surface area contributed by atoms with E-state index >= 15 is 0 Å². The van der Waals surface area contributed by atoms with Crippen LogP contribution in [0, 0.1) is 0 Å². The van der Waals surface area contributed by atoms with Crippen LogP contribution in [0.2, 0.25) is 0 Å². The molecule has 0 aromatic heterocycles. The molecule has 0 aliphatic rings. The Balaban J connectivity index is 2.39. The Hall–Kier alpha value is -0.650. The lowest BCUT2D eigenvalue weighted by Gasteiger charge is -2.13. The number of thiocarbonyl (C=S) groups is 1. The number of aryl methyl sites for hydroxylation is 1. The van der Waals surface area contributed by atoms with Crippen LogP contribution >= 0.6 is 28.1 Å². The number of anilines is 1. The highest BCUT2D eigenvalue weighted by molar-refractivity contribution is 9.10. The van der Waals surface area contributed by atoms with Gasteiger partial charge in [-0.1, -0.05) is 22.9 Å². The van der Waals surface area contributed by atoms with E-state index < -0.39 is 0 Å². The molecule has 106 valence electrons. The molecular weight excluding hydrogens is 324 g/mol. The maximum Gasteiger partial charge on any atom is 0.170 e. The van der Waals surface area contributed by atoms with Gasteiger partial charge >= 0.3 is 0 Å². The molecule has 1 aromatic rings. The predicted octanol–water partition coefficient (Wildman–Crippen LogP) is 3.72. The summed E-state index contributed by atoms with van der Waals surface area (Å²) in [6.45, 7) is 6.49. The Labute approximate surface area is 129 Å². The van der Waals surface area contributed by atoms with Gasteiger partial charge in [0.2, 0.25) is 0 Å². The second-order valence-corrected chi connectivity index (χ2v) is 5.41. The van der Waals surface area contributed by atoms with Crippen LogP contribution < -0.4 is 10.6 Å². The van der Waals surface area contributed by atoms with Crippen molar-refractivity contribution in [2.75, 3.05) is 25.1 Å². The summed E-state index contributed by atoms with van der Waals surface area (Å²) in [7, 11) is 0. The van der Waals surface area contributed by atoms with Crippen molar-refractivity contribution < 1.29 is 4.74 Å². The van der Waals surface area contributed by atoms with Crippen molar-refractivity contribution in [1.82, 2.24) is 5.32 Å². The van der Waals surface area contributed by atoms with E-state index in [2.05, 4.69) is 39.6 Å². The molecule has 0 saturated carbocycles. The van der Waals surface area contributed by atoms with Gasteiger partial charge in [0.25, 0.3) is 0 Å². The maximum atomic E-state index is 5.28. The first kappa shape index (κ1) is 16.4. The molecule has 0 fully saturated rings. The number of benzene rings is 1. The summed E-state index contributed by atoms with van der Waals surface area (Å²) in [5.74, 6) is 0. The molecule has 0 heterocycles. The number of halogens is 1. The number of ether oxygens (including phenoxy) is 1. The predicted molar refractivity (Wildman–Crippen MR) is 88.9 cm³/mol. The minimum absolute atomic E-state index is 0.661. The number of hydrogen-bond acceptors (Lipinski definition) is 2. The fourth-order valence-electron chi connectivity index (χ4n) is 1.66. The second kappa shape index (κ2) is 9.28. The van der Waals surface area contributed by atoms with Crippen molar-refractivity contribution in [2.45, 2.75) is 26.7 Å². The van der Waals surface area contributed by atoms with Gasteiger partial charge in [-0.2, -0.15) is 0 Å². The molecule has 0 radical (unpaired) electrons. The van der Waals surface area contributed by atoms with Gasteiger partial charge in [-0.05, 0) is 55.7 Å². The first-order valence-electron chi connectivity index (χ1n) is 6.58. The van der Waals surface area contributed by atoms with Crippen LogP contribution in [0.1, 0.15) is 25.8 Å². The Bertz CT molecular complexity index is 412. The van der Waals surface area contributed by atoms with Gasteiger partial charge in [0.15, 0.2) is 5.11 Å². The van der Waals surface area contributed by atoms with Gasteiger partial charge in [-0.3, -0.25) is 0 Å². The maximum absolute atomic E-state index is 5.28. The molecule has 0 atom stereocenters. The average Bonchev–Trinajstić information content (AvgIpc) is 2.40. The summed E-state index contributed by atoms with van der Waals surface area (Å²) < 4.78 is 6.36. The summed E-state index contributed by atoms with van der Waals surface area (Å²) >= 11 is 8.76. The number of nitrogens with one attached hydrogen (secondary N) is 2. The molecule has 1 rings (SSSR count). The van der Waals surface area contributed by atoms with Crippen molar-refractivity contribution in [2.24, 2.45) is 0 Å². The summed E-state index contributed by atoms with van der Waals surface area (Å²) in [6, 6.07) is 6.16. The van der Waals surface area contributed by atoms with Crippen molar-refractivity contribution in [3.63, 3.8) is 0 Å². The summed E-state index contributed by atoms with van der Waals surface area (Å²) in [5, 5.41) is 7.08. The third-order valence-electron chi connectivity index (χ3n) is 2.65. The molecule has 2 N–H and O–H groups in total. The largest absolute Gasteiger partial charge is 0.382 e. The van der Waals surface area contributed by atoms with Crippen LogP contribution in [0.15, 0.2) is 22.7 Å². The fourth-order valence-corrected chi connectivity index (χ4v) is 2.28. The Morgan fingerprint density at radius 1 is 1.37 bits per heavy atom. The zero-order chi connectivity index (χ0) is 14.1. The van der Waals surface area contributed by atoms with Crippen molar-refractivity contribution >= 4 is 38.9 Å². The lowest BCUT2D eigenvalue weighted by Crippen LogP contribution is -2.30. The van der Waals surface area contributed by atoms with E-state index in [0.717, 1.165) is 42.8 Å². The Morgan fingerprint density at radius 2 is 2.16 bits per heavy atom. The summed E-state index contributed by atoms with van der Waals surface area (Å²) in [5.41, 5.74) is 2.31. The highest BCUT2D eigenvalue weighted by Crippen LogP contribution is 2.21. The van der Waals surface area contributed by atoms with E-state index in [1.807, 2.05) is 19.1 Å². The fraction of sp³-hybridized carbons (Fsp3) is 0.500. The van der Waals surface area contributed by atoms with E-state index in [0.29, 0.717) is 5.11 Å². The van der Waals surface area contributed by atoms with Gasteiger partial charge in [-0.15, -0.1) is 0 Å².